The Morgan fingerprint density at radius 3 is 2.57 bits per heavy atom. The van der Waals surface area contributed by atoms with Crippen LogP contribution >= 0.6 is 34.4 Å². The smallest absolute Gasteiger partial charge is 0.254 e. The molecule has 1 aliphatic heterocycles. The summed E-state index contributed by atoms with van der Waals surface area (Å²) in [7, 11) is 1.53. The number of hydrogen-bond donors (Lipinski definition) is 3. The lowest BCUT2D eigenvalue weighted by molar-refractivity contribution is -0.114. The van der Waals surface area contributed by atoms with E-state index in [1.54, 1.807) is 37.3 Å². The van der Waals surface area contributed by atoms with E-state index in [9.17, 15) is 14.9 Å². The van der Waals surface area contributed by atoms with Crippen LogP contribution in [0.5, 0.6) is 5.75 Å². The highest BCUT2D eigenvalue weighted by Gasteiger charge is 2.36. The molecule has 0 unspecified atom stereocenters. The second-order valence-corrected chi connectivity index (χ2v) is 10.2. The molecule has 188 valence electrons. The van der Waals surface area contributed by atoms with Crippen LogP contribution < -0.4 is 20.7 Å². The quantitative estimate of drug-likeness (QED) is 0.279. The average molecular weight is 626 g/mol. The summed E-state index contributed by atoms with van der Waals surface area (Å²) in [4.78, 5) is 26.1. The average Bonchev–Trinajstić information content (AvgIpc) is 3.43. The maximum Gasteiger partial charge on any atom is 0.254 e. The van der Waals surface area contributed by atoms with Crippen LogP contribution in [0.2, 0.25) is 0 Å². The maximum absolute atomic E-state index is 13.5. The minimum atomic E-state index is -0.752. The van der Waals surface area contributed by atoms with Crippen molar-refractivity contribution in [2.24, 2.45) is 0 Å². The molecular weight excluding hydrogens is 603 g/mol. The van der Waals surface area contributed by atoms with Crippen LogP contribution in [-0.2, 0) is 9.59 Å². The van der Waals surface area contributed by atoms with E-state index in [-0.39, 0.29) is 17.2 Å². The van der Waals surface area contributed by atoms with Gasteiger partial charge in [-0.2, -0.15) is 5.26 Å². The van der Waals surface area contributed by atoms with Gasteiger partial charge in [0.1, 0.15) is 11.5 Å². The summed E-state index contributed by atoms with van der Waals surface area (Å²) in [5.74, 6) is -0.334. The number of dihydropyridines is 1. The lowest BCUT2D eigenvalue weighted by atomic mass is 9.85. The number of rotatable bonds is 8. The van der Waals surface area contributed by atoms with Gasteiger partial charge in [0.15, 0.2) is 0 Å². The van der Waals surface area contributed by atoms with Crippen molar-refractivity contribution in [2.45, 2.75) is 12.8 Å². The second kappa shape index (κ2) is 12.0. The van der Waals surface area contributed by atoms with Crippen molar-refractivity contribution >= 4 is 57.5 Å². The van der Waals surface area contributed by atoms with E-state index in [4.69, 9.17) is 9.15 Å². The molecule has 10 heteroatoms. The Kier molecular flexibility index (Phi) is 8.58. The van der Waals surface area contributed by atoms with Crippen LogP contribution in [-0.4, -0.2) is 24.7 Å². The highest BCUT2D eigenvalue weighted by atomic mass is 127. The zero-order chi connectivity index (χ0) is 26.4. The summed E-state index contributed by atoms with van der Waals surface area (Å²) >= 11 is 3.39. The normalized spacial score (nSPS) is 15.0. The number of ether oxygens (including phenoxy) is 1. The SMILES string of the molecule is COc1ccccc1NC(=O)C1=C(C)NC(SCC(=O)Nc2ccc(I)cc2)=C(C#N)[C@@H]1c1ccco1. The number of furan rings is 1. The molecule has 0 radical (unpaired) electrons. The number of amides is 2. The van der Waals surface area contributed by atoms with Gasteiger partial charge in [0.2, 0.25) is 5.91 Å². The van der Waals surface area contributed by atoms with Gasteiger partial charge in [0.25, 0.3) is 5.91 Å². The van der Waals surface area contributed by atoms with Crippen molar-refractivity contribution in [3.8, 4) is 11.8 Å². The monoisotopic (exact) mass is 626 g/mol. The number of anilines is 2. The van der Waals surface area contributed by atoms with Crippen molar-refractivity contribution in [3.63, 3.8) is 0 Å². The Morgan fingerprint density at radius 1 is 1.14 bits per heavy atom. The first-order valence-electron chi connectivity index (χ1n) is 11.2. The lowest BCUT2D eigenvalue weighted by Gasteiger charge is -2.28. The third-order valence-electron chi connectivity index (χ3n) is 5.55. The van der Waals surface area contributed by atoms with Gasteiger partial charge in [-0.05, 0) is 78.0 Å². The Bertz CT molecular complexity index is 1410. The Balaban J connectivity index is 1.59. The van der Waals surface area contributed by atoms with Crippen molar-refractivity contribution in [3.05, 3.63) is 98.1 Å². The van der Waals surface area contributed by atoms with Gasteiger partial charge < -0.3 is 25.1 Å². The number of methoxy groups -OCH3 is 1. The minimum Gasteiger partial charge on any atom is -0.495 e. The predicted molar refractivity (Wildman–Crippen MR) is 152 cm³/mol. The molecule has 1 atom stereocenters. The van der Waals surface area contributed by atoms with Crippen LogP contribution in [0.4, 0.5) is 11.4 Å². The zero-order valence-corrected chi connectivity index (χ0v) is 23.0. The molecule has 37 heavy (non-hydrogen) atoms. The fourth-order valence-electron chi connectivity index (χ4n) is 3.87. The van der Waals surface area contributed by atoms with E-state index in [0.29, 0.717) is 39.2 Å². The molecule has 0 fully saturated rings. The fourth-order valence-corrected chi connectivity index (χ4v) is 5.12. The largest absolute Gasteiger partial charge is 0.495 e. The molecule has 0 aliphatic carbocycles. The highest BCUT2D eigenvalue weighted by Crippen LogP contribution is 2.41. The maximum atomic E-state index is 13.5. The van der Waals surface area contributed by atoms with E-state index in [2.05, 4.69) is 44.6 Å². The topological polar surface area (TPSA) is 116 Å². The number of para-hydroxylation sites is 2. The molecule has 2 aromatic carbocycles. The summed E-state index contributed by atoms with van der Waals surface area (Å²) in [5.41, 5.74) is 2.37. The fraction of sp³-hybridized carbons (Fsp3) is 0.148. The van der Waals surface area contributed by atoms with E-state index in [0.717, 1.165) is 3.57 Å². The van der Waals surface area contributed by atoms with Gasteiger partial charge >= 0.3 is 0 Å². The first-order valence-corrected chi connectivity index (χ1v) is 13.3. The Hall–Kier alpha value is -3.69. The van der Waals surface area contributed by atoms with E-state index < -0.39 is 11.8 Å². The number of hydrogen-bond acceptors (Lipinski definition) is 7. The van der Waals surface area contributed by atoms with Crippen molar-refractivity contribution in [2.75, 3.05) is 23.5 Å². The Morgan fingerprint density at radius 2 is 1.89 bits per heavy atom. The molecule has 0 bridgehead atoms. The number of nitrogens with zero attached hydrogens (tertiary/aromatic N) is 1. The van der Waals surface area contributed by atoms with Crippen LogP contribution in [0.1, 0.15) is 18.6 Å². The van der Waals surface area contributed by atoms with Crippen LogP contribution in [0.15, 0.2) is 93.2 Å². The number of allylic oxidation sites excluding steroid dienone is 2. The van der Waals surface area contributed by atoms with E-state index in [1.807, 2.05) is 30.3 Å². The van der Waals surface area contributed by atoms with Crippen molar-refractivity contribution in [1.82, 2.24) is 5.32 Å². The third-order valence-corrected chi connectivity index (χ3v) is 7.29. The van der Waals surface area contributed by atoms with Gasteiger partial charge in [0.05, 0.1) is 53.0 Å². The summed E-state index contributed by atoms with van der Waals surface area (Å²) in [6.45, 7) is 1.76. The number of nitriles is 1. The lowest BCUT2D eigenvalue weighted by Crippen LogP contribution is -2.31. The van der Waals surface area contributed by atoms with Gasteiger partial charge in [-0.15, -0.1) is 0 Å². The summed E-state index contributed by atoms with van der Waals surface area (Å²) in [5, 5.41) is 19.5. The van der Waals surface area contributed by atoms with Gasteiger partial charge in [-0.1, -0.05) is 23.9 Å². The molecule has 3 aromatic rings. The molecule has 3 N–H and O–H groups in total. The van der Waals surface area contributed by atoms with Crippen LogP contribution in [0.3, 0.4) is 0 Å². The second-order valence-electron chi connectivity index (χ2n) is 7.96. The first kappa shape index (κ1) is 26.4. The molecule has 8 nitrogen and oxygen atoms in total. The Labute approximate surface area is 232 Å². The van der Waals surface area contributed by atoms with E-state index >= 15 is 0 Å². The summed E-state index contributed by atoms with van der Waals surface area (Å²) in [6.07, 6.45) is 1.50. The summed E-state index contributed by atoms with van der Waals surface area (Å²) in [6, 6.07) is 20.2. The highest BCUT2D eigenvalue weighted by molar-refractivity contribution is 14.1. The molecule has 0 saturated heterocycles. The third kappa shape index (κ3) is 6.18. The number of halogens is 1. The van der Waals surface area contributed by atoms with Crippen LogP contribution in [0, 0.1) is 14.9 Å². The number of thioether (sulfide) groups is 1. The number of carbonyl (C=O) groups excluding carboxylic acids is 2. The summed E-state index contributed by atoms with van der Waals surface area (Å²) < 4.78 is 12.1. The van der Waals surface area contributed by atoms with Crippen LogP contribution in [0.25, 0.3) is 0 Å². The predicted octanol–water partition coefficient (Wildman–Crippen LogP) is 5.60. The standard InChI is InChI=1S/C27H23IN4O4S/c1-16-24(26(34)32-20-6-3-4-7-21(20)35-2)25(22-8-5-13-36-22)19(14-29)27(30-16)37-15-23(33)31-18-11-9-17(28)10-12-18/h3-13,25,30H,15H2,1-2H3,(H,31,33)(H,32,34)/t25-/m1/s1. The van der Waals surface area contributed by atoms with E-state index in [1.165, 1.54) is 25.1 Å². The zero-order valence-electron chi connectivity index (χ0n) is 20.0. The van der Waals surface area contributed by atoms with Gasteiger partial charge in [-0.3, -0.25) is 9.59 Å². The molecule has 1 aromatic heterocycles. The van der Waals surface area contributed by atoms with Crippen molar-refractivity contribution < 1.29 is 18.7 Å². The number of benzene rings is 2. The molecule has 2 heterocycles. The molecule has 4 rings (SSSR count). The molecule has 1 aliphatic rings. The van der Waals surface area contributed by atoms with Gasteiger partial charge in [-0.25, -0.2) is 0 Å². The first-order chi connectivity index (χ1) is 17.9. The van der Waals surface area contributed by atoms with Gasteiger partial charge in [0, 0.05) is 15.0 Å². The molecule has 2 amide bonds. The minimum absolute atomic E-state index is 0.0698. The number of carbonyl (C=O) groups is 2. The molecule has 0 saturated carbocycles. The molecular formula is C27H23IN4O4S. The number of nitrogens with one attached hydrogen (secondary N) is 3. The van der Waals surface area contributed by atoms with Crippen molar-refractivity contribution in [1.29, 1.82) is 5.26 Å². The molecule has 0 spiro atoms.